The van der Waals surface area contributed by atoms with Gasteiger partial charge in [-0.1, -0.05) is 0 Å². The van der Waals surface area contributed by atoms with E-state index in [1.54, 1.807) is 19.2 Å². The van der Waals surface area contributed by atoms with Gasteiger partial charge in [-0.3, -0.25) is 4.79 Å². The van der Waals surface area contributed by atoms with Gasteiger partial charge in [-0.15, -0.1) is 0 Å². The van der Waals surface area contributed by atoms with Crippen molar-refractivity contribution in [2.24, 2.45) is 5.92 Å². The number of pyridine rings is 1. The van der Waals surface area contributed by atoms with Gasteiger partial charge in [0.25, 0.3) is 5.56 Å². The maximum Gasteiger partial charge on any atom is 0.264 e. The molecule has 1 aromatic rings. The standard InChI is InChI=1S/C9H8Br2N2O/c1-6(3-12)4-13-5-7(10)2-8(11)9(13)14/h2,5-6H,4H2,1H3. The predicted octanol–water partition coefficient (Wildman–Crippen LogP) is 2.53. The maximum absolute atomic E-state index is 11.6. The first-order valence-electron chi connectivity index (χ1n) is 3.99. The summed E-state index contributed by atoms with van der Waals surface area (Å²) in [4.78, 5) is 11.6. The Bertz CT molecular complexity index is 433. The molecule has 14 heavy (non-hydrogen) atoms. The Hall–Kier alpha value is -0.600. The molecule has 0 aliphatic heterocycles. The molecule has 0 radical (unpaired) electrons. The topological polar surface area (TPSA) is 45.8 Å². The van der Waals surface area contributed by atoms with E-state index in [4.69, 9.17) is 5.26 Å². The van der Waals surface area contributed by atoms with Crippen LogP contribution in [-0.2, 0) is 6.54 Å². The van der Waals surface area contributed by atoms with Crippen LogP contribution in [0.2, 0.25) is 0 Å². The van der Waals surface area contributed by atoms with Crippen LogP contribution in [0.5, 0.6) is 0 Å². The van der Waals surface area contributed by atoms with Crippen molar-refractivity contribution < 1.29 is 0 Å². The van der Waals surface area contributed by atoms with E-state index < -0.39 is 0 Å². The minimum absolute atomic E-state index is 0.115. The Kier molecular flexibility index (Phi) is 3.90. The summed E-state index contributed by atoms with van der Waals surface area (Å²) in [5.74, 6) is -0.172. The van der Waals surface area contributed by atoms with E-state index in [-0.39, 0.29) is 11.5 Å². The van der Waals surface area contributed by atoms with Crippen LogP contribution in [0.15, 0.2) is 26.0 Å². The van der Waals surface area contributed by atoms with Crippen LogP contribution in [0.25, 0.3) is 0 Å². The second-order valence-corrected chi connectivity index (χ2v) is 4.76. The lowest BCUT2D eigenvalue weighted by molar-refractivity contribution is 0.561. The Morgan fingerprint density at radius 3 is 2.86 bits per heavy atom. The minimum atomic E-state index is -0.172. The fraction of sp³-hybridized carbons (Fsp3) is 0.333. The van der Waals surface area contributed by atoms with E-state index in [1.807, 2.05) is 0 Å². The summed E-state index contributed by atoms with van der Waals surface area (Å²) in [6.45, 7) is 2.19. The molecule has 1 rings (SSSR count). The number of halogens is 2. The van der Waals surface area contributed by atoms with Gasteiger partial charge in [0.15, 0.2) is 0 Å². The van der Waals surface area contributed by atoms with Gasteiger partial charge < -0.3 is 4.57 Å². The molecule has 1 aromatic heterocycles. The van der Waals surface area contributed by atoms with Gasteiger partial charge in [-0.05, 0) is 44.8 Å². The van der Waals surface area contributed by atoms with Crippen LogP contribution >= 0.6 is 31.9 Å². The molecule has 0 N–H and O–H groups in total. The first-order valence-corrected chi connectivity index (χ1v) is 5.58. The fourth-order valence-electron chi connectivity index (χ4n) is 1.04. The van der Waals surface area contributed by atoms with Gasteiger partial charge in [0.1, 0.15) is 0 Å². The average molecular weight is 320 g/mol. The SMILES string of the molecule is CC(C#N)Cn1cc(Br)cc(Br)c1=O. The normalized spacial score (nSPS) is 12.1. The first-order chi connectivity index (χ1) is 6.54. The van der Waals surface area contributed by atoms with Gasteiger partial charge in [-0.25, -0.2) is 0 Å². The average Bonchev–Trinajstić information content (AvgIpc) is 2.13. The molecule has 0 aromatic carbocycles. The van der Waals surface area contributed by atoms with E-state index in [0.717, 1.165) is 4.47 Å². The summed E-state index contributed by atoms with van der Waals surface area (Å²) in [7, 11) is 0. The molecule has 0 spiro atoms. The lowest BCUT2D eigenvalue weighted by atomic mass is 10.2. The molecular weight excluding hydrogens is 312 g/mol. The molecule has 0 bridgehead atoms. The van der Waals surface area contributed by atoms with Crippen molar-refractivity contribution in [3.63, 3.8) is 0 Å². The molecule has 1 atom stereocenters. The number of hydrogen-bond donors (Lipinski definition) is 0. The molecule has 0 saturated carbocycles. The molecule has 0 aliphatic rings. The summed E-state index contributed by atoms with van der Waals surface area (Å²) in [6.07, 6.45) is 1.68. The smallest absolute Gasteiger partial charge is 0.264 e. The zero-order valence-corrected chi connectivity index (χ0v) is 10.7. The molecule has 0 aliphatic carbocycles. The Morgan fingerprint density at radius 2 is 2.29 bits per heavy atom. The number of rotatable bonds is 2. The summed E-state index contributed by atoms with van der Waals surface area (Å²) < 4.78 is 2.83. The molecule has 1 heterocycles. The van der Waals surface area contributed by atoms with Crippen molar-refractivity contribution in [2.45, 2.75) is 13.5 Å². The van der Waals surface area contributed by atoms with Gasteiger partial charge in [-0.2, -0.15) is 5.26 Å². The lowest BCUT2D eigenvalue weighted by Gasteiger charge is -2.07. The minimum Gasteiger partial charge on any atom is -0.312 e. The van der Waals surface area contributed by atoms with Crippen LogP contribution < -0.4 is 5.56 Å². The van der Waals surface area contributed by atoms with Crippen molar-refractivity contribution >= 4 is 31.9 Å². The van der Waals surface area contributed by atoms with Crippen molar-refractivity contribution in [2.75, 3.05) is 0 Å². The Labute approximate surface area is 98.6 Å². The number of aromatic nitrogens is 1. The second kappa shape index (κ2) is 4.76. The molecule has 0 fully saturated rings. The number of hydrogen-bond acceptors (Lipinski definition) is 2. The van der Waals surface area contributed by atoms with Crippen molar-refractivity contribution in [1.82, 2.24) is 4.57 Å². The van der Waals surface area contributed by atoms with Crippen LogP contribution in [0.3, 0.4) is 0 Å². The van der Waals surface area contributed by atoms with Crippen LogP contribution in [-0.4, -0.2) is 4.57 Å². The largest absolute Gasteiger partial charge is 0.312 e. The highest BCUT2D eigenvalue weighted by Crippen LogP contribution is 2.13. The fourth-order valence-corrected chi connectivity index (χ4v) is 2.29. The van der Waals surface area contributed by atoms with E-state index in [1.165, 1.54) is 4.57 Å². The molecule has 3 nitrogen and oxygen atoms in total. The number of nitrogens with zero attached hydrogens (tertiary/aromatic N) is 2. The van der Waals surface area contributed by atoms with Crippen LogP contribution in [0, 0.1) is 17.2 Å². The number of nitriles is 1. The quantitative estimate of drug-likeness (QED) is 0.841. The summed E-state index contributed by atoms with van der Waals surface area (Å²) in [5, 5.41) is 8.64. The van der Waals surface area contributed by atoms with Crippen LogP contribution in [0.4, 0.5) is 0 Å². The van der Waals surface area contributed by atoms with E-state index in [0.29, 0.717) is 11.0 Å². The predicted molar refractivity (Wildman–Crippen MR) is 60.9 cm³/mol. The maximum atomic E-state index is 11.6. The zero-order valence-electron chi connectivity index (χ0n) is 7.50. The molecule has 1 unspecified atom stereocenters. The third-order valence-corrected chi connectivity index (χ3v) is 2.70. The third-order valence-electron chi connectivity index (χ3n) is 1.70. The van der Waals surface area contributed by atoms with Gasteiger partial charge >= 0.3 is 0 Å². The van der Waals surface area contributed by atoms with E-state index in [9.17, 15) is 4.79 Å². The van der Waals surface area contributed by atoms with E-state index in [2.05, 4.69) is 37.9 Å². The highest BCUT2D eigenvalue weighted by molar-refractivity contribution is 9.11. The Balaban J connectivity index is 3.10. The second-order valence-electron chi connectivity index (χ2n) is 2.99. The molecule has 0 amide bonds. The molecular formula is C9H8Br2N2O. The van der Waals surface area contributed by atoms with E-state index >= 15 is 0 Å². The van der Waals surface area contributed by atoms with Gasteiger partial charge in [0, 0.05) is 17.2 Å². The van der Waals surface area contributed by atoms with Crippen molar-refractivity contribution in [3.05, 3.63) is 31.6 Å². The van der Waals surface area contributed by atoms with Gasteiger partial charge in [0.05, 0.1) is 16.5 Å². The lowest BCUT2D eigenvalue weighted by Crippen LogP contribution is -2.22. The van der Waals surface area contributed by atoms with Crippen LogP contribution in [0.1, 0.15) is 6.92 Å². The highest BCUT2D eigenvalue weighted by atomic mass is 79.9. The van der Waals surface area contributed by atoms with Crippen molar-refractivity contribution in [1.29, 1.82) is 5.26 Å². The molecule has 74 valence electrons. The summed E-state index contributed by atoms with van der Waals surface area (Å²) >= 11 is 6.45. The summed E-state index contributed by atoms with van der Waals surface area (Å²) in [5.41, 5.74) is -0.115. The zero-order chi connectivity index (χ0) is 10.7. The third kappa shape index (κ3) is 2.69. The molecule has 0 saturated heterocycles. The van der Waals surface area contributed by atoms with Gasteiger partial charge in [0.2, 0.25) is 0 Å². The first kappa shape index (κ1) is 11.5. The highest BCUT2D eigenvalue weighted by Gasteiger charge is 2.06. The molecule has 5 heteroatoms. The monoisotopic (exact) mass is 318 g/mol. The Morgan fingerprint density at radius 1 is 1.64 bits per heavy atom. The summed E-state index contributed by atoms with van der Waals surface area (Å²) in [6, 6.07) is 3.78. The van der Waals surface area contributed by atoms with Crippen molar-refractivity contribution in [3.8, 4) is 6.07 Å².